The molecule has 0 atom stereocenters. The number of nitrogens with zero attached hydrogens (tertiary/aromatic N) is 4. The van der Waals surface area contributed by atoms with Crippen LogP contribution in [0.15, 0.2) is 47.4 Å². The third kappa shape index (κ3) is 6.39. The zero-order chi connectivity index (χ0) is 25.5. The van der Waals surface area contributed by atoms with E-state index in [2.05, 4.69) is 46.0 Å². The van der Waals surface area contributed by atoms with Crippen molar-refractivity contribution in [1.82, 2.24) is 29.8 Å². The van der Waals surface area contributed by atoms with E-state index in [1.807, 2.05) is 30.3 Å². The Bertz CT molecular complexity index is 1330. The number of fused-ring (bicyclic) bond motifs is 1. The Labute approximate surface area is 209 Å². The third-order valence-electron chi connectivity index (χ3n) is 5.52. The standard InChI is InChI=1S/C26H33N7O3/c1-4-5-12-35-25-31-23(27)22-24(32-25)33(26(34)30-22)16-19-8-11-21(29-15-19)36-20-9-6-18(7-10-20)14-28-13-17(2)3/h6-11,15,17,28H,4-5,12-14,16H2,1-3H3,(H,30,34)(H2,27,31,32). The molecule has 190 valence electrons. The van der Waals surface area contributed by atoms with Crippen LogP contribution in [0.1, 0.15) is 44.7 Å². The molecule has 4 N–H and O–H groups in total. The lowest BCUT2D eigenvalue weighted by molar-refractivity contribution is 0.286. The van der Waals surface area contributed by atoms with Gasteiger partial charge in [-0.3, -0.25) is 4.57 Å². The van der Waals surface area contributed by atoms with E-state index in [4.69, 9.17) is 15.2 Å². The Kier molecular flexibility index (Phi) is 8.17. The Morgan fingerprint density at radius 1 is 1.11 bits per heavy atom. The molecular formula is C26H33N7O3. The Hall–Kier alpha value is -3.92. The number of H-pyrrole nitrogens is 1. The molecule has 0 unspecified atom stereocenters. The zero-order valence-electron chi connectivity index (χ0n) is 21.0. The molecular weight excluding hydrogens is 458 g/mol. The van der Waals surface area contributed by atoms with Gasteiger partial charge in [-0.1, -0.05) is 45.4 Å². The van der Waals surface area contributed by atoms with Crippen LogP contribution < -0.4 is 26.2 Å². The van der Waals surface area contributed by atoms with Crippen LogP contribution >= 0.6 is 0 Å². The van der Waals surface area contributed by atoms with Crippen molar-refractivity contribution in [3.05, 3.63) is 64.2 Å². The molecule has 10 nitrogen and oxygen atoms in total. The summed E-state index contributed by atoms with van der Waals surface area (Å²) in [7, 11) is 0. The number of unbranched alkanes of at least 4 members (excludes halogenated alkanes) is 1. The van der Waals surface area contributed by atoms with Gasteiger partial charge in [0.15, 0.2) is 11.5 Å². The van der Waals surface area contributed by atoms with Crippen LogP contribution in [0.25, 0.3) is 11.2 Å². The van der Waals surface area contributed by atoms with Gasteiger partial charge in [0.05, 0.1) is 13.2 Å². The first-order valence-electron chi connectivity index (χ1n) is 12.2. The van der Waals surface area contributed by atoms with E-state index >= 15 is 0 Å². The molecule has 0 radical (unpaired) electrons. The number of anilines is 1. The van der Waals surface area contributed by atoms with Crippen molar-refractivity contribution < 1.29 is 9.47 Å². The predicted octanol–water partition coefficient (Wildman–Crippen LogP) is 3.86. The highest BCUT2D eigenvalue weighted by Gasteiger charge is 2.15. The van der Waals surface area contributed by atoms with E-state index < -0.39 is 0 Å². The predicted molar refractivity (Wildman–Crippen MR) is 139 cm³/mol. The monoisotopic (exact) mass is 491 g/mol. The van der Waals surface area contributed by atoms with Crippen LogP contribution in [-0.2, 0) is 13.1 Å². The molecule has 10 heteroatoms. The van der Waals surface area contributed by atoms with Gasteiger partial charge in [0.2, 0.25) is 5.88 Å². The van der Waals surface area contributed by atoms with Crippen molar-refractivity contribution in [2.45, 2.75) is 46.7 Å². The molecule has 0 fully saturated rings. The SMILES string of the molecule is CCCCOc1nc(N)c2[nH]c(=O)n(Cc3ccc(Oc4ccc(CNCC(C)C)cc4)nc3)c2n1. The molecule has 0 aliphatic carbocycles. The van der Waals surface area contributed by atoms with Crippen molar-refractivity contribution >= 4 is 17.0 Å². The Balaban J connectivity index is 1.43. The van der Waals surface area contributed by atoms with Crippen LogP contribution in [0.4, 0.5) is 5.82 Å². The van der Waals surface area contributed by atoms with Crippen LogP contribution in [0.2, 0.25) is 0 Å². The molecule has 0 aliphatic rings. The normalized spacial score (nSPS) is 11.3. The number of hydrogen-bond acceptors (Lipinski definition) is 8. The number of imidazole rings is 1. The van der Waals surface area contributed by atoms with Gasteiger partial charge in [0, 0.05) is 18.8 Å². The summed E-state index contributed by atoms with van der Waals surface area (Å²) in [6, 6.07) is 11.7. The minimum Gasteiger partial charge on any atom is -0.463 e. The van der Waals surface area contributed by atoms with Gasteiger partial charge in [-0.05, 0) is 42.1 Å². The summed E-state index contributed by atoms with van der Waals surface area (Å²) in [6.07, 6.45) is 3.54. The first-order chi connectivity index (χ1) is 17.4. The molecule has 0 spiro atoms. The summed E-state index contributed by atoms with van der Waals surface area (Å²) in [6.45, 7) is 8.99. The van der Waals surface area contributed by atoms with E-state index in [0.717, 1.165) is 31.5 Å². The highest BCUT2D eigenvalue weighted by Crippen LogP contribution is 2.22. The fourth-order valence-electron chi connectivity index (χ4n) is 3.60. The molecule has 4 aromatic rings. The second-order valence-electron chi connectivity index (χ2n) is 9.08. The highest BCUT2D eigenvalue weighted by molar-refractivity contribution is 5.81. The van der Waals surface area contributed by atoms with Crippen molar-refractivity contribution in [3.63, 3.8) is 0 Å². The summed E-state index contributed by atoms with van der Waals surface area (Å²) in [5.41, 5.74) is 8.47. The minimum atomic E-state index is -0.333. The number of nitrogens with one attached hydrogen (secondary N) is 2. The van der Waals surface area contributed by atoms with Gasteiger partial charge in [-0.2, -0.15) is 9.97 Å². The number of pyridine rings is 1. The van der Waals surface area contributed by atoms with E-state index in [-0.39, 0.29) is 24.1 Å². The lowest BCUT2D eigenvalue weighted by Crippen LogP contribution is -2.18. The van der Waals surface area contributed by atoms with Crippen LogP contribution in [-0.4, -0.2) is 37.7 Å². The summed E-state index contributed by atoms with van der Waals surface area (Å²) < 4.78 is 13.0. The van der Waals surface area contributed by atoms with Gasteiger partial charge < -0.3 is 25.5 Å². The van der Waals surface area contributed by atoms with Crippen LogP contribution in [0.5, 0.6) is 17.6 Å². The Morgan fingerprint density at radius 3 is 2.58 bits per heavy atom. The van der Waals surface area contributed by atoms with Gasteiger partial charge in [-0.15, -0.1) is 0 Å². The number of nitrogen functional groups attached to an aromatic ring is 1. The number of rotatable bonds is 12. The van der Waals surface area contributed by atoms with E-state index in [9.17, 15) is 4.79 Å². The smallest absolute Gasteiger partial charge is 0.328 e. The fourth-order valence-corrected chi connectivity index (χ4v) is 3.60. The number of nitrogens with two attached hydrogens (primary N) is 1. The molecule has 0 bridgehead atoms. The molecule has 0 amide bonds. The molecule has 3 heterocycles. The van der Waals surface area contributed by atoms with Crippen LogP contribution in [0.3, 0.4) is 0 Å². The van der Waals surface area contributed by atoms with Crippen molar-refractivity contribution in [3.8, 4) is 17.6 Å². The second-order valence-corrected chi connectivity index (χ2v) is 9.08. The zero-order valence-corrected chi connectivity index (χ0v) is 21.0. The average molecular weight is 492 g/mol. The maximum absolute atomic E-state index is 12.6. The minimum absolute atomic E-state index is 0.157. The van der Waals surface area contributed by atoms with Gasteiger partial charge in [0.1, 0.15) is 11.3 Å². The van der Waals surface area contributed by atoms with E-state index in [1.165, 1.54) is 10.1 Å². The largest absolute Gasteiger partial charge is 0.463 e. The molecule has 0 aliphatic heterocycles. The van der Waals surface area contributed by atoms with Gasteiger partial charge in [0.25, 0.3) is 0 Å². The Morgan fingerprint density at radius 2 is 1.89 bits per heavy atom. The number of hydrogen-bond donors (Lipinski definition) is 3. The number of ether oxygens (including phenoxy) is 2. The summed E-state index contributed by atoms with van der Waals surface area (Å²) in [4.78, 5) is 28.3. The lowest BCUT2D eigenvalue weighted by atomic mass is 10.2. The van der Waals surface area contributed by atoms with Crippen LogP contribution in [0, 0.1) is 5.92 Å². The summed E-state index contributed by atoms with van der Waals surface area (Å²) in [5.74, 6) is 1.96. The van der Waals surface area contributed by atoms with Crippen molar-refractivity contribution in [1.29, 1.82) is 0 Å². The first-order valence-corrected chi connectivity index (χ1v) is 12.2. The molecule has 1 aromatic carbocycles. The lowest BCUT2D eigenvalue weighted by Gasteiger charge is -2.09. The van der Waals surface area contributed by atoms with E-state index in [0.29, 0.717) is 35.3 Å². The fraction of sp³-hybridized carbons (Fsp3) is 0.385. The average Bonchev–Trinajstić information content (AvgIpc) is 3.17. The third-order valence-corrected chi connectivity index (χ3v) is 5.52. The second kappa shape index (κ2) is 11.7. The number of aromatic amines is 1. The van der Waals surface area contributed by atoms with Crippen molar-refractivity contribution in [2.75, 3.05) is 18.9 Å². The molecule has 36 heavy (non-hydrogen) atoms. The topological polar surface area (TPSA) is 133 Å². The number of aromatic nitrogens is 5. The molecule has 0 saturated heterocycles. The molecule has 3 aromatic heterocycles. The number of benzene rings is 1. The molecule has 0 saturated carbocycles. The quantitative estimate of drug-likeness (QED) is 0.254. The van der Waals surface area contributed by atoms with Gasteiger partial charge in [-0.25, -0.2) is 9.78 Å². The maximum Gasteiger partial charge on any atom is 0.328 e. The first kappa shape index (κ1) is 25.2. The molecule has 4 rings (SSSR count). The van der Waals surface area contributed by atoms with E-state index in [1.54, 1.807) is 12.3 Å². The summed E-state index contributed by atoms with van der Waals surface area (Å²) >= 11 is 0. The van der Waals surface area contributed by atoms with Gasteiger partial charge >= 0.3 is 11.7 Å². The maximum atomic E-state index is 12.6. The van der Waals surface area contributed by atoms with Crippen molar-refractivity contribution in [2.24, 2.45) is 5.92 Å². The summed E-state index contributed by atoms with van der Waals surface area (Å²) in [5, 5.41) is 3.43. The highest BCUT2D eigenvalue weighted by atomic mass is 16.5.